The van der Waals surface area contributed by atoms with Crippen molar-refractivity contribution in [2.45, 2.75) is 12.5 Å². The molecule has 3 N–H and O–H groups in total. The Morgan fingerprint density at radius 1 is 1.47 bits per heavy atom. The highest BCUT2D eigenvalue weighted by Gasteiger charge is 2.23. The average Bonchev–Trinajstić information content (AvgIpc) is 2.70. The van der Waals surface area contributed by atoms with Gasteiger partial charge >= 0.3 is 0 Å². The van der Waals surface area contributed by atoms with Crippen LogP contribution in [0.3, 0.4) is 0 Å². The van der Waals surface area contributed by atoms with E-state index in [2.05, 4.69) is 21.2 Å². The fourth-order valence-electron chi connectivity index (χ4n) is 1.74. The highest BCUT2D eigenvalue weighted by Crippen LogP contribution is 2.25. The summed E-state index contributed by atoms with van der Waals surface area (Å²) in [5.41, 5.74) is 6.11. The highest BCUT2D eigenvalue weighted by molar-refractivity contribution is 9.10. The van der Waals surface area contributed by atoms with Crippen molar-refractivity contribution in [2.75, 3.05) is 5.32 Å². The van der Waals surface area contributed by atoms with Gasteiger partial charge in [0.05, 0.1) is 11.6 Å². The molecule has 0 radical (unpaired) electrons. The molecular formula is C12H12BrFN2O. The third-order valence-corrected chi connectivity index (χ3v) is 3.33. The van der Waals surface area contributed by atoms with Crippen molar-refractivity contribution in [1.82, 2.24) is 0 Å². The van der Waals surface area contributed by atoms with Crippen molar-refractivity contribution in [3.05, 3.63) is 40.6 Å². The SMILES string of the molecule is NC1C=CC(C(=O)Nc2cc(F)ccc2Br)C1. The first-order valence-electron chi connectivity index (χ1n) is 5.26. The number of amides is 1. The normalized spacial score (nSPS) is 22.8. The summed E-state index contributed by atoms with van der Waals surface area (Å²) < 4.78 is 13.7. The van der Waals surface area contributed by atoms with Crippen LogP contribution in [0, 0.1) is 11.7 Å². The fourth-order valence-corrected chi connectivity index (χ4v) is 2.09. The van der Waals surface area contributed by atoms with Crippen LogP contribution >= 0.6 is 15.9 Å². The van der Waals surface area contributed by atoms with Crippen LogP contribution in [0.5, 0.6) is 0 Å². The number of rotatable bonds is 2. The molecule has 0 saturated heterocycles. The molecule has 0 aliphatic heterocycles. The second-order valence-corrected chi connectivity index (χ2v) is 4.86. The number of carbonyl (C=O) groups excluding carboxylic acids is 1. The van der Waals surface area contributed by atoms with Gasteiger partial charge in [-0.05, 0) is 40.5 Å². The van der Waals surface area contributed by atoms with Gasteiger partial charge in [0.25, 0.3) is 0 Å². The summed E-state index contributed by atoms with van der Waals surface area (Å²) in [6.45, 7) is 0. The van der Waals surface area contributed by atoms with Crippen LogP contribution in [0.15, 0.2) is 34.8 Å². The molecule has 1 amide bonds. The molecule has 2 unspecified atom stereocenters. The van der Waals surface area contributed by atoms with Crippen LogP contribution < -0.4 is 11.1 Å². The topological polar surface area (TPSA) is 55.1 Å². The fraction of sp³-hybridized carbons (Fsp3) is 0.250. The van der Waals surface area contributed by atoms with Gasteiger partial charge in [-0.15, -0.1) is 0 Å². The molecule has 1 aliphatic rings. The first-order valence-corrected chi connectivity index (χ1v) is 6.05. The maximum atomic E-state index is 13.0. The molecule has 0 spiro atoms. The van der Waals surface area contributed by atoms with Gasteiger partial charge in [0, 0.05) is 10.5 Å². The van der Waals surface area contributed by atoms with E-state index in [0.29, 0.717) is 16.6 Å². The molecule has 5 heteroatoms. The van der Waals surface area contributed by atoms with Crippen LogP contribution in [0.4, 0.5) is 10.1 Å². The van der Waals surface area contributed by atoms with Gasteiger partial charge in [-0.3, -0.25) is 4.79 Å². The molecule has 0 bridgehead atoms. The van der Waals surface area contributed by atoms with Gasteiger partial charge in [0.15, 0.2) is 0 Å². The van der Waals surface area contributed by atoms with Crippen molar-refractivity contribution in [3.63, 3.8) is 0 Å². The summed E-state index contributed by atoms with van der Waals surface area (Å²) in [6, 6.07) is 4.09. The van der Waals surface area contributed by atoms with E-state index < -0.39 is 0 Å². The Morgan fingerprint density at radius 3 is 2.88 bits per heavy atom. The Balaban J connectivity index is 2.08. The zero-order chi connectivity index (χ0) is 12.4. The number of hydrogen-bond acceptors (Lipinski definition) is 2. The lowest BCUT2D eigenvalue weighted by atomic mass is 10.1. The maximum absolute atomic E-state index is 13.0. The number of carbonyl (C=O) groups is 1. The molecule has 0 aromatic heterocycles. The molecule has 0 saturated carbocycles. The second-order valence-electron chi connectivity index (χ2n) is 4.00. The molecule has 0 heterocycles. The monoisotopic (exact) mass is 298 g/mol. The maximum Gasteiger partial charge on any atom is 0.231 e. The largest absolute Gasteiger partial charge is 0.324 e. The Bertz CT molecular complexity index is 476. The van der Waals surface area contributed by atoms with Gasteiger partial charge in [-0.1, -0.05) is 12.2 Å². The summed E-state index contributed by atoms with van der Waals surface area (Å²) in [6.07, 6.45) is 4.19. The van der Waals surface area contributed by atoms with Crippen molar-refractivity contribution in [1.29, 1.82) is 0 Å². The Hall–Kier alpha value is -1.20. The van der Waals surface area contributed by atoms with E-state index in [-0.39, 0.29) is 23.7 Å². The molecular weight excluding hydrogens is 287 g/mol. The molecule has 90 valence electrons. The van der Waals surface area contributed by atoms with Crippen molar-refractivity contribution in [2.24, 2.45) is 11.7 Å². The van der Waals surface area contributed by atoms with Gasteiger partial charge in [-0.2, -0.15) is 0 Å². The van der Waals surface area contributed by atoms with Crippen LogP contribution in [0.25, 0.3) is 0 Å². The molecule has 0 fully saturated rings. The Kier molecular flexibility index (Phi) is 3.59. The Labute approximate surface area is 107 Å². The summed E-state index contributed by atoms with van der Waals surface area (Å²) >= 11 is 3.26. The minimum atomic E-state index is -0.387. The lowest BCUT2D eigenvalue weighted by Crippen LogP contribution is -2.24. The van der Waals surface area contributed by atoms with Crippen LogP contribution in [-0.2, 0) is 4.79 Å². The van der Waals surface area contributed by atoms with Gasteiger partial charge in [0.1, 0.15) is 5.82 Å². The van der Waals surface area contributed by atoms with E-state index in [1.807, 2.05) is 6.08 Å². The standard InChI is InChI=1S/C12H12BrFN2O/c13-10-4-2-8(14)6-11(10)16-12(17)7-1-3-9(15)5-7/h1-4,6-7,9H,5,15H2,(H,16,17). The molecule has 3 nitrogen and oxygen atoms in total. The zero-order valence-corrected chi connectivity index (χ0v) is 10.6. The van der Waals surface area contributed by atoms with Gasteiger partial charge in [-0.25, -0.2) is 4.39 Å². The molecule has 2 rings (SSSR count). The summed E-state index contributed by atoms with van der Waals surface area (Å²) in [4.78, 5) is 11.9. The molecule has 1 aliphatic carbocycles. The molecule has 2 atom stereocenters. The minimum Gasteiger partial charge on any atom is -0.324 e. The van der Waals surface area contributed by atoms with E-state index in [0.717, 1.165) is 0 Å². The summed E-state index contributed by atoms with van der Waals surface area (Å²) in [5, 5.41) is 2.68. The lowest BCUT2D eigenvalue weighted by Gasteiger charge is -2.11. The number of halogens is 2. The number of nitrogens with two attached hydrogens (primary N) is 1. The predicted octanol–water partition coefficient (Wildman–Crippen LogP) is 2.43. The quantitative estimate of drug-likeness (QED) is 0.824. The molecule has 17 heavy (non-hydrogen) atoms. The summed E-state index contributed by atoms with van der Waals surface area (Å²) in [5.74, 6) is -0.789. The highest BCUT2D eigenvalue weighted by atomic mass is 79.9. The van der Waals surface area contributed by atoms with Gasteiger partial charge in [0.2, 0.25) is 5.91 Å². The number of nitrogens with one attached hydrogen (secondary N) is 1. The minimum absolute atomic E-state index is 0.0679. The van der Waals surface area contributed by atoms with E-state index in [9.17, 15) is 9.18 Å². The van der Waals surface area contributed by atoms with E-state index in [1.165, 1.54) is 12.1 Å². The first kappa shape index (κ1) is 12.3. The molecule has 1 aromatic carbocycles. The lowest BCUT2D eigenvalue weighted by molar-refractivity contribution is -0.118. The van der Waals surface area contributed by atoms with E-state index in [1.54, 1.807) is 12.1 Å². The number of hydrogen-bond donors (Lipinski definition) is 2. The predicted molar refractivity (Wildman–Crippen MR) is 68.0 cm³/mol. The number of anilines is 1. The molecule has 1 aromatic rings. The average molecular weight is 299 g/mol. The number of benzene rings is 1. The van der Waals surface area contributed by atoms with Crippen molar-refractivity contribution < 1.29 is 9.18 Å². The second kappa shape index (κ2) is 4.98. The van der Waals surface area contributed by atoms with Crippen molar-refractivity contribution in [3.8, 4) is 0 Å². The first-order chi connectivity index (χ1) is 8.06. The van der Waals surface area contributed by atoms with E-state index in [4.69, 9.17) is 5.73 Å². The van der Waals surface area contributed by atoms with Crippen LogP contribution in [0.1, 0.15) is 6.42 Å². The third kappa shape index (κ3) is 2.92. The zero-order valence-electron chi connectivity index (χ0n) is 8.99. The smallest absolute Gasteiger partial charge is 0.231 e. The Morgan fingerprint density at radius 2 is 2.24 bits per heavy atom. The van der Waals surface area contributed by atoms with Crippen LogP contribution in [-0.4, -0.2) is 11.9 Å². The van der Waals surface area contributed by atoms with Gasteiger partial charge < -0.3 is 11.1 Å². The van der Waals surface area contributed by atoms with E-state index >= 15 is 0 Å². The van der Waals surface area contributed by atoms with Crippen LogP contribution in [0.2, 0.25) is 0 Å². The van der Waals surface area contributed by atoms with Crippen molar-refractivity contribution >= 4 is 27.5 Å². The third-order valence-electron chi connectivity index (χ3n) is 2.64. The summed E-state index contributed by atoms with van der Waals surface area (Å²) in [7, 11) is 0.